The standard InChI is InChI=1S/C17H18F4O4S/c1-15(2)5-4-6-16(3)10-8-12(25-26(23,24)17(19,20)21)11(18)7-9(10)13(22)14(15)16/h7-8,14H,4-6H2,1-3H3/t14-,16-/m0/s1. The predicted molar refractivity (Wildman–Crippen MR) is 84.8 cm³/mol. The smallest absolute Gasteiger partial charge is 0.373 e. The Morgan fingerprint density at radius 3 is 2.35 bits per heavy atom. The minimum atomic E-state index is -6.00. The van der Waals surface area contributed by atoms with Crippen LogP contribution in [0.3, 0.4) is 0 Å². The van der Waals surface area contributed by atoms with Gasteiger partial charge in [0.2, 0.25) is 0 Å². The van der Waals surface area contributed by atoms with Crippen LogP contribution < -0.4 is 4.18 Å². The van der Waals surface area contributed by atoms with Gasteiger partial charge in [0.25, 0.3) is 0 Å². The zero-order chi connectivity index (χ0) is 19.7. The van der Waals surface area contributed by atoms with Gasteiger partial charge in [-0.1, -0.05) is 27.2 Å². The van der Waals surface area contributed by atoms with E-state index in [1.807, 2.05) is 20.8 Å². The number of halogens is 4. The molecule has 0 aromatic heterocycles. The van der Waals surface area contributed by atoms with Gasteiger partial charge in [0.1, 0.15) is 0 Å². The second kappa shape index (κ2) is 5.43. The summed E-state index contributed by atoms with van der Waals surface area (Å²) in [5.41, 5.74) is -6.32. The Morgan fingerprint density at radius 1 is 1.15 bits per heavy atom. The Labute approximate surface area is 148 Å². The topological polar surface area (TPSA) is 60.4 Å². The highest BCUT2D eigenvalue weighted by atomic mass is 32.2. The number of hydrogen-bond acceptors (Lipinski definition) is 4. The largest absolute Gasteiger partial charge is 0.534 e. The molecule has 4 nitrogen and oxygen atoms in total. The lowest BCUT2D eigenvalue weighted by atomic mass is 9.56. The summed E-state index contributed by atoms with van der Waals surface area (Å²) in [4.78, 5) is 12.9. The van der Waals surface area contributed by atoms with E-state index in [0.717, 1.165) is 25.0 Å². The SMILES string of the molecule is CC1(C)CCC[C@@]2(C)c3cc(OS(=O)(=O)C(F)(F)F)c(F)cc3C(=O)[C@@H]12. The lowest BCUT2D eigenvalue weighted by Gasteiger charge is -2.46. The van der Waals surface area contributed by atoms with Crippen molar-refractivity contribution < 1.29 is 35.0 Å². The number of fused-ring (bicyclic) bond motifs is 3. The third-order valence-corrected chi connectivity index (χ3v) is 6.60. The molecule has 0 spiro atoms. The molecule has 2 atom stereocenters. The highest BCUT2D eigenvalue weighted by Crippen LogP contribution is 2.58. The molecular weight excluding hydrogens is 376 g/mol. The van der Waals surface area contributed by atoms with E-state index >= 15 is 0 Å². The van der Waals surface area contributed by atoms with Crippen molar-refractivity contribution in [1.29, 1.82) is 0 Å². The zero-order valence-corrected chi connectivity index (χ0v) is 15.2. The van der Waals surface area contributed by atoms with Gasteiger partial charge in [-0.25, -0.2) is 4.39 Å². The third-order valence-electron chi connectivity index (χ3n) is 5.63. The Balaban J connectivity index is 2.13. The Hall–Kier alpha value is -1.64. The normalized spacial score (nSPS) is 27.8. The highest BCUT2D eigenvalue weighted by molar-refractivity contribution is 7.88. The number of carbonyl (C=O) groups is 1. The van der Waals surface area contributed by atoms with Gasteiger partial charge in [-0.15, -0.1) is 0 Å². The van der Waals surface area contributed by atoms with Gasteiger partial charge in [-0.05, 0) is 36.0 Å². The van der Waals surface area contributed by atoms with E-state index < -0.39 is 38.5 Å². The van der Waals surface area contributed by atoms with E-state index in [1.165, 1.54) is 0 Å². The molecule has 2 aliphatic rings. The molecule has 1 aromatic carbocycles. The third kappa shape index (κ3) is 2.62. The van der Waals surface area contributed by atoms with Crippen LogP contribution in [0, 0.1) is 17.2 Å². The number of benzene rings is 1. The first-order chi connectivity index (χ1) is 11.7. The zero-order valence-electron chi connectivity index (χ0n) is 14.4. The lowest BCUT2D eigenvalue weighted by molar-refractivity contribution is -0.0501. The summed E-state index contributed by atoms with van der Waals surface area (Å²) in [7, 11) is -6.00. The first kappa shape index (κ1) is 19.1. The van der Waals surface area contributed by atoms with Gasteiger partial charge in [-0.2, -0.15) is 21.6 Å². The number of ketones is 1. The highest BCUT2D eigenvalue weighted by Gasteiger charge is 2.57. The van der Waals surface area contributed by atoms with Crippen LogP contribution in [0.2, 0.25) is 0 Å². The van der Waals surface area contributed by atoms with Crippen LogP contribution in [-0.2, 0) is 15.5 Å². The monoisotopic (exact) mass is 394 g/mol. The summed E-state index contributed by atoms with van der Waals surface area (Å²) in [6.45, 7) is 5.67. The average Bonchev–Trinajstić information content (AvgIpc) is 2.67. The molecule has 26 heavy (non-hydrogen) atoms. The van der Waals surface area contributed by atoms with Crippen molar-refractivity contribution in [2.45, 2.75) is 51.0 Å². The fourth-order valence-electron chi connectivity index (χ4n) is 4.61. The quantitative estimate of drug-likeness (QED) is 0.426. The number of carbonyl (C=O) groups excluding carboxylic acids is 1. The summed E-state index contributed by atoms with van der Waals surface area (Å²) in [5.74, 6) is -3.08. The Morgan fingerprint density at radius 2 is 1.77 bits per heavy atom. The van der Waals surface area contributed by atoms with Gasteiger partial charge < -0.3 is 4.18 Å². The summed E-state index contributed by atoms with van der Waals surface area (Å²) < 4.78 is 78.3. The summed E-state index contributed by atoms with van der Waals surface area (Å²) in [6.07, 6.45) is 2.18. The van der Waals surface area contributed by atoms with Crippen LogP contribution in [0.4, 0.5) is 17.6 Å². The van der Waals surface area contributed by atoms with E-state index in [0.29, 0.717) is 12.0 Å². The molecular formula is C17H18F4O4S. The molecule has 0 saturated heterocycles. The molecule has 0 aliphatic heterocycles. The molecule has 3 rings (SSSR count). The molecule has 1 saturated carbocycles. The molecule has 0 bridgehead atoms. The van der Waals surface area contributed by atoms with Crippen molar-refractivity contribution in [3.8, 4) is 5.75 Å². The molecule has 1 fully saturated rings. The van der Waals surface area contributed by atoms with Crippen LogP contribution in [0.15, 0.2) is 12.1 Å². The van der Waals surface area contributed by atoms with Crippen molar-refractivity contribution in [3.63, 3.8) is 0 Å². The number of hydrogen-bond donors (Lipinski definition) is 0. The summed E-state index contributed by atoms with van der Waals surface area (Å²) in [5, 5.41) is 0. The number of Topliss-reactive ketones (excluding diaryl/α,β-unsaturated/α-hetero) is 1. The molecule has 2 aliphatic carbocycles. The van der Waals surface area contributed by atoms with Crippen molar-refractivity contribution in [2.24, 2.45) is 11.3 Å². The van der Waals surface area contributed by atoms with Crippen molar-refractivity contribution in [2.75, 3.05) is 0 Å². The summed E-state index contributed by atoms with van der Waals surface area (Å²) in [6, 6.07) is 1.73. The molecule has 0 amide bonds. The summed E-state index contributed by atoms with van der Waals surface area (Å²) >= 11 is 0. The van der Waals surface area contributed by atoms with Gasteiger partial charge in [0.05, 0.1) is 0 Å². The molecule has 9 heteroatoms. The molecule has 0 heterocycles. The predicted octanol–water partition coefficient (Wildman–Crippen LogP) is 4.33. The van der Waals surface area contributed by atoms with E-state index in [-0.39, 0.29) is 16.8 Å². The van der Waals surface area contributed by atoms with Crippen LogP contribution in [-0.4, -0.2) is 19.7 Å². The number of rotatable bonds is 2. The van der Waals surface area contributed by atoms with Crippen molar-refractivity contribution in [1.82, 2.24) is 0 Å². The molecule has 0 radical (unpaired) electrons. The van der Waals surface area contributed by atoms with Crippen LogP contribution >= 0.6 is 0 Å². The average molecular weight is 394 g/mol. The van der Waals surface area contributed by atoms with Gasteiger partial charge in [-0.3, -0.25) is 4.79 Å². The Kier molecular flexibility index (Phi) is 4.00. The van der Waals surface area contributed by atoms with Gasteiger partial charge in [0, 0.05) is 16.9 Å². The van der Waals surface area contributed by atoms with Gasteiger partial charge >= 0.3 is 15.6 Å². The van der Waals surface area contributed by atoms with E-state index in [2.05, 4.69) is 4.18 Å². The number of alkyl halides is 3. The van der Waals surface area contributed by atoms with Crippen molar-refractivity contribution in [3.05, 3.63) is 29.1 Å². The minimum absolute atomic E-state index is 0.0849. The molecule has 144 valence electrons. The minimum Gasteiger partial charge on any atom is -0.373 e. The fraction of sp³-hybridized carbons (Fsp3) is 0.588. The van der Waals surface area contributed by atoms with Gasteiger partial charge in [0.15, 0.2) is 17.3 Å². The van der Waals surface area contributed by atoms with E-state index in [4.69, 9.17) is 0 Å². The van der Waals surface area contributed by atoms with Crippen LogP contribution in [0.1, 0.15) is 56.0 Å². The maximum atomic E-state index is 14.2. The molecule has 0 unspecified atom stereocenters. The van der Waals surface area contributed by atoms with Crippen molar-refractivity contribution >= 4 is 15.9 Å². The maximum absolute atomic E-state index is 14.2. The second-order valence-electron chi connectivity index (χ2n) is 7.87. The van der Waals surface area contributed by atoms with E-state index in [9.17, 15) is 30.8 Å². The lowest BCUT2D eigenvalue weighted by Crippen LogP contribution is -2.44. The first-order valence-electron chi connectivity index (χ1n) is 8.10. The van der Waals surface area contributed by atoms with Crippen LogP contribution in [0.25, 0.3) is 0 Å². The molecule has 0 N–H and O–H groups in total. The van der Waals surface area contributed by atoms with E-state index in [1.54, 1.807) is 0 Å². The first-order valence-corrected chi connectivity index (χ1v) is 9.50. The molecule has 1 aromatic rings. The Bertz CT molecular complexity index is 889. The maximum Gasteiger partial charge on any atom is 0.534 e. The van der Waals surface area contributed by atoms with Crippen LogP contribution in [0.5, 0.6) is 5.75 Å². The fourth-order valence-corrected chi connectivity index (χ4v) is 5.07. The second-order valence-corrected chi connectivity index (χ2v) is 9.41.